The number of nitrogens with one attached hydrogen (secondary N) is 1. The topological polar surface area (TPSA) is 62.2 Å². The molecule has 19 heavy (non-hydrogen) atoms. The first kappa shape index (κ1) is 15.5. The maximum Gasteiger partial charge on any atom is 0.335 e. The van der Waals surface area contributed by atoms with E-state index in [1.807, 2.05) is 0 Å². The third kappa shape index (κ3) is 4.54. The Kier molecular flexibility index (Phi) is 4.92. The lowest BCUT2D eigenvalue weighted by molar-refractivity contribution is 0.0696. The normalized spacial score (nSPS) is 13.1. The van der Waals surface area contributed by atoms with E-state index in [4.69, 9.17) is 5.11 Å². The molecule has 0 aliphatic carbocycles. The Hall–Kier alpha value is -1.58. The molecule has 1 aromatic rings. The van der Waals surface area contributed by atoms with Crippen LogP contribution in [0, 0.1) is 5.41 Å². The maximum absolute atomic E-state index is 11.1. The molecule has 0 amide bonds. The first-order valence-electron chi connectivity index (χ1n) is 6.75. The zero-order valence-corrected chi connectivity index (χ0v) is 12.4. The van der Waals surface area contributed by atoms with Gasteiger partial charge in [0.25, 0.3) is 0 Å². The highest BCUT2D eigenvalue weighted by Crippen LogP contribution is 2.23. The van der Waals surface area contributed by atoms with Crippen LogP contribution in [0.3, 0.4) is 0 Å². The number of anilines is 1. The van der Waals surface area contributed by atoms with Crippen LogP contribution in [0.15, 0.2) is 12.1 Å². The lowest BCUT2D eigenvalue weighted by Crippen LogP contribution is -2.31. The molecule has 1 rings (SSSR count). The number of hydrogen-bond donors (Lipinski definition) is 2. The summed E-state index contributed by atoms with van der Waals surface area (Å²) in [5, 5.41) is 12.4. The van der Waals surface area contributed by atoms with Gasteiger partial charge in [0.1, 0.15) is 5.82 Å². The second kappa shape index (κ2) is 6.04. The molecule has 0 aliphatic rings. The van der Waals surface area contributed by atoms with E-state index in [-0.39, 0.29) is 11.5 Å². The Morgan fingerprint density at radius 3 is 2.53 bits per heavy atom. The third-order valence-corrected chi connectivity index (χ3v) is 3.29. The highest BCUT2D eigenvalue weighted by atomic mass is 16.4. The molecule has 106 valence electrons. The second-order valence-corrected chi connectivity index (χ2v) is 6.02. The van der Waals surface area contributed by atoms with Crippen molar-refractivity contribution in [2.24, 2.45) is 5.41 Å². The van der Waals surface area contributed by atoms with Gasteiger partial charge in [-0.05, 0) is 30.9 Å². The van der Waals surface area contributed by atoms with Crippen LogP contribution in [0.5, 0.6) is 0 Å². The van der Waals surface area contributed by atoms with Gasteiger partial charge in [-0.1, -0.05) is 34.1 Å². The van der Waals surface area contributed by atoms with Gasteiger partial charge in [-0.25, -0.2) is 9.78 Å². The van der Waals surface area contributed by atoms with Crippen molar-refractivity contribution in [3.8, 4) is 0 Å². The molecule has 0 aliphatic heterocycles. The number of aromatic nitrogens is 1. The molecule has 0 spiro atoms. The lowest BCUT2D eigenvalue weighted by Gasteiger charge is -2.28. The zero-order chi connectivity index (χ0) is 14.6. The molecule has 4 nitrogen and oxygen atoms in total. The van der Waals surface area contributed by atoms with Crippen molar-refractivity contribution in [2.45, 2.75) is 53.5 Å². The van der Waals surface area contributed by atoms with Gasteiger partial charge in [-0.2, -0.15) is 0 Å². The summed E-state index contributed by atoms with van der Waals surface area (Å²) in [4.78, 5) is 15.6. The zero-order valence-electron chi connectivity index (χ0n) is 12.4. The number of carbonyl (C=O) groups is 1. The number of carboxylic acids is 1. The predicted molar refractivity (Wildman–Crippen MR) is 77.7 cm³/mol. The van der Waals surface area contributed by atoms with E-state index in [0.29, 0.717) is 11.4 Å². The summed E-state index contributed by atoms with van der Waals surface area (Å²) >= 11 is 0. The Morgan fingerprint density at radius 1 is 1.42 bits per heavy atom. The number of aromatic carboxylic acids is 1. The molecule has 2 N–H and O–H groups in total. The minimum absolute atomic E-state index is 0.0891. The van der Waals surface area contributed by atoms with Crippen LogP contribution >= 0.6 is 0 Å². The molecule has 0 radical (unpaired) electrons. The van der Waals surface area contributed by atoms with Gasteiger partial charge in [0.05, 0.1) is 5.56 Å². The molecule has 1 atom stereocenters. The Morgan fingerprint density at radius 2 is 2.05 bits per heavy atom. The van der Waals surface area contributed by atoms with Crippen LogP contribution in [0.4, 0.5) is 5.82 Å². The standard InChI is InChI=1S/C15H24N2O2/c1-6-7-12-8-11(14(18)19)9-13(17-12)16-10(2)15(3,4)5/h8-10H,6-7H2,1-5H3,(H,16,17)(H,18,19). The molecule has 0 aromatic carbocycles. The molecule has 1 unspecified atom stereocenters. The second-order valence-electron chi connectivity index (χ2n) is 6.02. The number of aryl methyl sites for hydroxylation is 1. The molecule has 0 bridgehead atoms. The van der Waals surface area contributed by atoms with Crippen molar-refractivity contribution in [3.05, 3.63) is 23.4 Å². The summed E-state index contributed by atoms with van der Waals surface area (Å²) in [6.07, 6.45) is 1.74. The SMILES string of the molecule is CCCc1cc(C(=O)O)cc(NC(C)C(C)(C)C)n1. The van der Waals surface area contributed by atoms with Crippen LogP contribution in [0.1, 0.15) is 57.1 Å². The smallest absolute Gasteiger partial charge is 0.335 e. The fraction of sp³-hybridized carbons (Fsp3) is 0.600. The van der Waals surface area contributed by atoms with Crippen molar-refractivity contribution in [1.29, 1.82) is 0 Å². The van der Waals surface area contributed by atoms with Crippen molar-refractivity contribution in [2.75, 3.05) is 5.32 Å². The van der Waals surface area contributed by atoms with Crippen LogP contribution < -0.4 is 5.32 Å². The minimum Gasteiger partial charge on any atom is -0.478 e. The fourth-order valence-electron chi connectivity index (χ4n) is 1.61. The Bertz CT molecular complexity index is 450. The van der Waals surface area contributed by atoms with Gasteiger partial charge < -0.3 is 10.4 Å². The molecule has 1 aromatic heterocycles. The van der Waals surface area contributed by atoms with Gasteiger partial charge in [0.15, 0.2) is 0 Å². The van der Waals surface area contributed by atoms with Gasteiger partial charge in [-0.3, -0.25) is 0 Å². The van der Waals surface area contributed by atoms with Gasteiger partial charge in [0.2, 0.25) is 0 Å². The largest absolute Gasteiger partial charge is 0.478 e. The third-order valence-electron chi connectivity index (χ3n) is 3.29. The van der Waals surface area contributed by atoms with E-state index in [1.165, 1.54) is 0 Å². The van der Waals surface area contributed by atoms with Crippen LogP contribution in [0.25, 0.3) is 0 Å². The summed E-state index contributed by atoms with van der Waals surface area (Å²) in [7, 11) is 0. The quantitative estimate of drug-likeness (QED) is 0.853. The van der Waals surface area contributed by atoms with Crippen LogP contribution in [-0.2, 0) is 6.42 Å². The molecule has 1 heterocycles. The van der Waals surface area contributed by atoms with Crippen molar-refractivity contribution in [3.63, 3.8) is 0 Å². The molecule has 0 fully saturated rings. The summed E-state index contributed by atoms with van der Waals surface area (Å²) in [6, 6.07) is 3.46. The summed E-state index contributed by atoms with van der Waals surface area (Å²) in [5.41, 5.74) is 1.21. The number of nitrogens with zero attached hydrogens (tertiary/aromatic N) is 1. The van der Waals surface area contributed by atoms with E-state index in [1.54, 1.807) is 12.1 Å². The number of pyridine rings is 1. The Balaban J connectivity index is 3.02. The van der Waals surface area contributed by atoms with Crippen molar-refractivity contribution < 1.29 is 9.90 Å². The Labute approximate surface area is 115 Å². The van der Waals surface area contributed by atoms with Gasteiger partial charge >= 0.3 is 5.97 Å². The van der Waals surface area contributed by atoms with E-state index in [2.05, 4.69) is 44.9 Å². The van der Waals surface area contributed by atoms with E-state index < -0.39 is 5.97 Å². The predicted octanol–water partition coefficient (Wildman–Crippen LogP) is 3.58. The first-order valence-corrected chi connectivity index (χ1v) is 6.75. The summed E-state index contributed by atoms with van der Waals surface area (Å²) < 4.78 is 0. The van der Waals surface area contributed by atoms with Crippen molar-refractivity contribution in [1.82, 2.24) is 4.98 Å². The number of hydrogen-bond acceptors (Lipinski definition) is 3. The van der Waals surface area contributed by atoms with Gasteiger partial charge in [0, 0.05) is 11.7 Å². The van der Waals surface area contributed by atoms with Gasteiger partial charge in [-0.15, -0.1) is 0 Å². The fourth-order valence-corrected chi connectivity index (χ4v) is 1.61. The van der Waals surface area contributed by atoms with E-state index in [9.17, 15) is 4.79 Å². The summed E-state index contributed by atoms with van der Waals surface area (Å²) in [6.45, 7) is 10.5. The molecular formula is C15H24N2O2. The van der Waals surface area contributed by atoms with Crippen LogP contribution in [-0.4, -0.2) is 22.1 Å². The van der Waals surface area contributed by atoms with Crippen molar-refractivity contribution >= 4 is 11.8 Å². The molecule has 0 saturated carbocycles. The lowest BCUT2D eigenvalue weighted by atomic mass is 9.88. The molecule has 4 heteroatoms. The highest BCUT2D eigenvalue weighted by Gasteiger charge is 2.20. The maximum atomic E-state index is 11.1. The molecular weight excluding hydrogens is 240 g/mol. The first-order chi connectivity index (χ1) is 8.74. The number of carboxylic acid groups (broad SMARTS) is 1. The molecule has 0 saturated heterocycles. The highest BCUT2D eigenvalue weighted by molar-refractivity contribution is 5.88. The minimum atomic E-state index is -0.911. The van der Waals surface area contributed by atoms with Crippen LogP contribution in [0.2, 0.25) is 0 Å². The van der Waals surface area contributed by atoms with E-state index in [0.717, 1.165) is 18.5 Å². The summed E-state index contributed by atoms with van der Waals surface area (Å²) in [5.74, 6) is -0.267. The van der Waals surface area contributed by atoms with E-state index >= 15 is 0 Å². The number of rotatable bonds is 5. The average Bonchev–Trinajstić information content (AvgIpc) is 2.27. The monoisotopic (exact) mass is 264 g/mol. The average molecular weight is 264 g/mol.